The smallest absolute Gasteiger partial charge is 0.311 e. The lowest BCUT2D eigenvalue weighted by atomic mass is 9.88. The lowest BCUT2D eigenvalue weighted by molar-refractivity contribution is -0.145. The summed E-state index contributed by atoms with van der Waals surface area (Å²) in [4.78, 5) is 18.3. The second-order valence-electron chi connectivity index (χ2n) is 5.96. The molecule has 1 aromatic carbocycles. The quantitative estimate of drug-likeness (QED) is 0.810. The molecule has 6 heteroatoms. The fourth-order valence-corrected chi connectivity index (χ4v) is 3.25. The van der Waals surface area contributed by atoms with Gasteiger partial charge in [0.15, 0.2) is 0 Å². The highest BCUT2D eigenvalue weighted by Crippen LogP contribution is 2.37. The Bertz CT molecular complexity index is 766. The van der Waals surface area contributed by atoms with Gasteiger partial charge in [-0.3, -0.25) is 9.78 Å². The average molecular weight is 332 g/mol. The highest BCUT2D eigenvalue weighted by Gasteiger charge is 2.40. The van der Waals surface area contributed by atoms with E-state index in [1.165, 1.54) is 19.2 Å². The Morgan fingerprint density at radius 1 is 1.25 bits per heavy atom. The lowest BCUT2D eigenvalue weighted by Crippen LogP contribution is -2.24. The number of aryl methyl sites for hydroxylation is 1. The van der Waals surface area contributed by atoms with Crippen molar-refractivity contribution >= 4 is 11.7 Å². The number of halogens is 2. The number of nitrogens with zero attached hydrogens (tertiary/aromatic N) is 2. The summed E-state index contributed by atoms with van der Waals surface area (Å²) in [6.07, 6.45) is 1.70. The van der Waals surface area contributed by atoms with E-state index < -0.39 is 29.4 Å². The molecule has 4 nitrogen and oxygen atoms in total. The van der Waals surface area contributed by atoms with Crippen molar-refractivity contribution in [3.8, 4) is 0 Å². The summed E-state index contributed by atoms with van der Waals surface area (Å²) in [5, 5.41) is 0. The van der Waals surface area contributed by atoms with Crippen LogP contribution in [0.2, 0.25) is 0 Å². The van der Waals surface area contributed by atoms with Crippen molar-refractivity contribution in [2.24, 2.45) is 5.92 Å². The second-order valence-corrected chi connectivity index (χ2v) is 5.96. The van der Waals surface area contributed by atoms with E-state index in [-0.39, 0.29) is 0 Å². The molecule has 0 saturated carbocycles. The van der Waals surface area contributed by atoms with Gasteiger partial charge in [-0.15, -0.1) is 0 Å². The Kier molecular flexibility index (Phi) is 4.46. The number of rotatable bonds is 3. The van der Waals surface area contributed by atoms with E-state index in [1.54, 1.807) is 6.20 Å². The number of anilines is 1. The Morgan fingerprint density at radius 2 is 2.04 bits per heavy atom. The van der Waals surface area contributed by atoms with Gasteiger partial charge >= 0.3 is 5.97 Å². The van der Waals surface area contributed by atoms with Crippen LogP contribution < -0.4 is 4.90 Å². The van der Waals surface area contributed by atoms with Crippen LogP contribution in [0.15, 0.2) is 36.5 Å². The summed E-state index contributed by atoms with van der Waals surface area (Å²) in [6.45, 7) is 2.75. The predicted molar refractivity (Wildman–Crippen MR) is 85.8 cm³/mol. The van der Waals surface area contributed by atoms with Crippen molar-refractivity contribution in [1.29, 1.82) is 0 Å². The Balaban J connectivity index is 1.95. The summed E-state index contributed by atoms with van der Waals surface area (Å²) >= 11 is 0. The minimum absolute atomic E-state index is 0.333. The predicted octanol–water partition coefficient (Wildman–Crippen LogP) is 3.06. The van der Waals surface area contributed by atoms with Gasteiger partial charge in [-0.2, -0.15) is 0 Å². The molecule has 0 unspecified atom stereocenters. The van der Waals surface area contributed by atoms with Crippen molar-refractivity contribution in [3.05, 3.63) is 59.4 Å². The number of ether oxygens (including phenoxy) is 1. The zero-order valence-electron chi connectivity index (χ0n) is 13.5. The molecule has 0 spiro atoms. The molecule has 2 heterocycles. The molecule has 1 aromatic heterocycles. The molecule has 3 rings (SSSR count). The molecule has 0 bridgehead atoms. The number of aromatic nitrogens is 1. The SMILES string of the molecule is COC(=O)[C@@H]1CN(c2ccnc(C)c2)C[C@H]1c1ccc(F)cc1F. The van der Waals surface area contributed by atoms with Crippen molar-refractivity contribution in [1.82, 2.24) is 4.98 Å². The van der Waals surface area contributed by atoms with Crippen LogP contribution >= 0.6 is 0 Å². The molecular weight excluding hydrogens is 314 g/mol. The van der Waals surface area contributed by atoms with Crippen LogP contribution in [-0.2, 0) is 9.53 Å². The summed E-state index contributed by atoms with van der Waals surface area (Å²) in [5.74, 6) is -2.57. The second kappa shape index (κ2) is 6.55. The van der Waals surface area contributed by atoms with Gasteiger partial charge in [0.1, 0.15) is 11.6 Å². The first-order valence-electron chi connectivity index (χ1n) is 7.70. The normalized spacial score (nSPS) is 20.2. The van der Waals surface area contributed by atoms with E-state index in [0.29, 0.717) is 18.7 Å². The molecule has 24 heavy (non-hydrogen) atoms. The van der Waals surface area contributed by atoms with Crippen molar-refractivity contribution in [2.45, 2.75) is 12.8 Å². The van der Waals surface area contributed by atoms with Crippen LogP contribution in [0.25, 0.3) is 0 Å². The van der Waals surface area contributed by atoms with Gasteiger partial charge in [0, 0.05) is 42.7 Å². The first-order chi connectivity index (χ1) is 11.5. The van der Waals surface area contributed by atoms with Crippen LogP contribution in [0.1, 0.15) is 17.2 Å². The average Bonchev–Trinajstić information content (AvgIpc) is 2.99. The summed E-state index contributed by atoms with van der Waals surface area (Å²) in [7, 11) is 1.32. The molecule has 1 fully saturated rings. The molecule has 0 aliphatic carbocycles. The topological polar surface area (TPSA) is 42.4 Å². The van der Waals surface area contributed by atoms with E-state index >= 15 is 0 Å². The molecule has 1 aliphatic rings. The number of carbonyl (C=O) groups is 1. The molecular formula is C18H18F2N2O2. The third-order valence-corrected chi connectivity index (χ3v) is 4.43. The van der Waals surface area contributed by atoms with Gasteiger partial charge in [0.2, 0.25) is 0 Å². The van der Waals surface area contributed by atoms with Crippen molar-refractivity contribution in [3.63, 3.8) is 0 Å². The molecule has 0 N–H and O–H groups in total. The standard InChI is InChI=1S/C18H18F2N2O2/c1-11-7-13(5-6-21-11)22-9-15(16(10-22)18(23)24-2)14-4-3-12(19)8-17(14)20/h3-8,15-16H,9-10H2,1-2H3/t15-,16+/m0/s1. The number of hydrogen-bond donors (Lipinski definition) is 0. The lowest BCUT2D eigenvalue weighted by Gasteiger charge is -2.19. The largest absolute Gasteiger partial charge is 0.469 e. The summed E-state index contributed by atoms with van der Waals surface area (Å²) in [5.41, 5.74) is 2.11. The zero-order chi connectivity index (χ0) is 17.3. The minimum Gasteiger partial charge on any atom is -0.469 e. The number of methoxy groups -OCH3 is 1. The fourth-order valence-electron chi connectivity index (χ4n) is 3.25. The monoisotopic (exact) mass is 332 g/mol. The molecule has 2 atom stereocenters. The molecule has 2 aromatic rings. The van der Waals surface area contributed by atoms with E-state index in [4.69, 9.17) is 4.74 Å². The number of carbonyl (C=O) groups excluding carboxylic acids is 1. The summed E-state index contributed by atoms with van der Waals surface area (Å²) in [6, 6.07) is 7.24. The Hall–Kier alpha value is -2.50. The maximum Gasteiger partial charge on any atom is 0.311 e. The fraction of sp³-hybridized carbons (Fsp3) is 0.333. The van der Waals surface area contributed by atoms with Gasteiger partial charge in [-0.05, 0) is 30.7 Å². The van der Waals surface area contributed by atoms with Crippen LogP contribution in [0.3, 0.4) is 0 Å². The molecule has 0 radical (unpaired) electrons. The first kappa shape index (κ1) is 16.4. The number of pyridine rings is 1. The maximum absolute atomic E-state index is 14.2. The van der Waals surface area contributed by atoms with Gasteiger partial charge in [0.05, 0.1) is 13.0 Å². The third kappa shape index (κ3) is 3.09. The number of hydrogen-bond acceptors (Lipinski definition) is 4. The zero-order valence-corrected chi connectivity index (χ0v) is 13.5. The van der Waals surface area contributed by atoms with Gasteiger partial charge in [-0.1, -0.05) is 6.07 Å². The number of benzene rings is 1. The van der Waals surface area contributed by atoms with Crippen LogP contribution in [0, 0.1) is 24.5 Å². The van der Waals surface area contributed by atoms with Gasteiger partial charge in [-0.25, -0.2) is 8.78 Å². The third-order valence-electron chi connectivity index (χ3n) is 4.43. The Labute approximate surface area is 139 Å². The van der Waals surface area contributed by atoms with Crippen molar-refractivity contribution < 1.29 is 18.3 Å². The van der Waals surface area contributed by atoms with Crippen LogP contribution in [0.5, 0.6) is 0 Å². The highest BCUT2D eigenvalue weighted by molar-refractivity contribution is 5.76. The Morgan fingerprint density at radius 3 is 2.71 bits per heavy atom. The minimum atomic E-state index is -0.637. The molecule has 1 saturated heterocycles. The molecule has 126 valence electrons. The molecule has 1 aliphatic heterocycles. The maximum atomic E-state index is 14.2. The first-order valence-corrected chi connectivity index (χ1v) is 7.70. The van der Waals surface area contributed by atoms with Gasteiger partial charge in [0.25, 0.3) is 0 Å². The summed E-state index contributed by atoms with van der Waals surface area (Å²) < 4.78 is 32.3. The van der Waals surface area contributed by atoms with Crippen LogP contribution in [-0.4, -0.2) is 31.2 Å². The van der Waals surface area contributed by atoms with Crippen LogP contribution in [0.4, 0.5) is 14.5 Å². The highest BCUT2D eigenvalue weighted by atomic mass is 19.1. The van der Waals surface area contributed by atoms with E-state index in [0.717, 1.165) is 17.4 Å². The number of esters is 1. The molecule has 0 amide bonds. The van der Waals surface area contributed by atoms with Gasteiger partial charge < -0.3 is 9.64 Å². The van der Waals surface area contributed by atoms with Crippen molar-refractivity contribution in [2.75, 3.05) is 25.1 Å². The van der Waals surface area contributed by atoms with E-state index in [9.17, 15) is 13.6 Å². The van der Waals surface area contributed by atoms with E-state index in [2.05, 4.69) is 4.98 Å². The van der Waals surface area contributed by atoms with E-state index in [1.807, 2.05) is 24.0 Å².